The van der Waals surface area contributed by atoms with E-state index in [2.05, 4.69) is 189 Å². The fourth-order valence-electron chi connectivity index (χ4n) is 10.1. The van der Waals surface area contributed by atoms with Crippen molar-refractivity contribution in [3.8, 4) is 61.4 Å². The largest absolute Gasteiger partial charge is 0.485 e. The highest BCUT2D eigenvalue weighted by Crippen LogP contribution is 2.64. The van der Waals surface area contributed by atoms with Gasteiger partial charge in [0.15, 0.2) is 0 Å². The van der Waals surface area contributed by atoms with Crippen LogP contribution in [0.2, 0.25) is 0 Å². The van der Waals surface area contributed by atoms with E-state index in [0.717, 1.165) is 5.75 Å². The third-order valence-corrected chi connectivity index (χ3v) is 12.5. The monoisotopic (exact) mass is 686 g/mol. The van der Waals surface area contributed by atoms with Crippen molar-refractivity contribution in [1.29, 1.82) is 0 Å². The summed E-state index contributed by atoms with van der Waals surface area (Å²) in [6.45, 7) is 2.15. The molecule has 0 aromatic heterocycles. The molecule has 1 heteroatoms. The second kappa shape index (κ2) is 10.9. The predicted molar refractivity (Wildman–Crippen MR) is 223 cm³/mol. The molecule has 0 saturated heterocycles. The Morgan fingerprint density at radius 2 is 1.02 bits per heavy atom. The second-order valence-electron chi connectivity index (χ2n) is 15.1. The van der Waals surface area contributed by atoms with Crippen LogP contribution in [-0.4, -0.2) is 0 Å². The molecule has 1 heterocycles. The van der Waals surface area contributed by atoms with Gasteiger partial charge in [-0.3, -0.25) is 0 Å². The van der Waals surface area contributed by atoms with Crippen LogP contribution >= 0.6 is 0 Å². The third-order valence-electron chi connectivity index (χ3n) is 12.5. The Bertz CT molecular complexity index is 3030. The number of hydrogen-bond acceptors (Lipinski definition) is 1. The van der Waals surface area contributed by atoms with Crippen molar-refractivity contribution >= 4 is 21.5 Å². The maximum Gasteiger partial charge on any atom is 0.128 e. The Labute approximate surface area is 314 Å². The molecule has 12 rings (SSSR count). The molecule has 252 valence electrons. The third kappa shape index (κ3) is 3.88. The lowest BCUT2D eigenvalue weighted by Gasteiger charge is -2.31. The first-order valence-corrected chi connectivity index (χ1v) is 19.0. The van der Waals surface area contributed by atoms with Crippen LogP contribution in [0.15, 0.2) is 182 Å². The molecule has 2 aliphatic carbocycles. The molecule has 9 aromatic carbocycles. The Kier molecular flexibility index (Phi) is 6.03. The van der Waals surface area contributed by atoms with Crippen molar-refractivity contribution in [3.05, 3.63) is 210 Å². The van der Waals surface area contributed by atoms with Gasteiger partial charge >= 0.3 is 0 Å². The van der Waals surface area contributed by atoms with Crippen LogP contribution < -0.4 is 4.74 Å². The molecule has 1 aliphatic heterocycles. The average molecular weight is 687 g/mol. The lowest BCUT2D eigenvalue weighted by atomic mass is 9.70. The minimum atomic E-state index is -0.387. The zero-order chi connectivity index (χ0) is 35.5. The summed E-state index contributed by atoms with van der Waals surface area (Å²) in [5, 5.41) is 4.99. The van der Waals surface area contributed by atoms with Crippen molar-refractivity contribution in [2.75, 3.05) is 0 Å². The zero-order valence-electron chi connectivity index (χ0n) is 29.8. The molecule has 0 bridgehead atoms. The molecule has 0 N–H and O–H groups in total. The molecule has 0 saturated carbocycles. The van der Waals surface area contributed by atoms with Crippen molar-refractivity contribution in [2.24, 2.45) is 0 Å². The van der Waals surface area contributed by atoms with E-state index in [1.54, 1.807) is 0 Å². The lowest BCUT2D eigenvalue weighted by molar-refractivity contribution is 0.232. The van der Waals surface area contributed by atoms with Crippen molar-refractivity contribution in [2.45, 2.75) is 18.4 Å². The number of fused-ring (bicyclic) bond motifs is 14. The fourth-order valence-corrected chi connectivity index (χ4v) is 10.1. The zero-order valence-corrected chi connectivity index (χ0v) is 29.8. The smallest absolute Gasteiger partial charge is 0.128 e. The first-order chi connectivity index (χ1) is 26.7. The summed E-state index contributed by atoms with van der Waals surface area (Å²) in [7, 11) is 0. The summed E-state index contributed by atoms with van der Waals surface area (Å²) in [6.07, 6.45) is -0.0406. The fraction of sp³-hybridized carbons (Fsp3) is 0.0566. The van der Waals surface area contributed by atoms with E-state index >= 15 is 0 Å². The van der Waals surface area contributed by atoms with Gasteiger partial charge in [-0.1, -0.05) is 164 Å². The van der Waals surface area contributed by atoms with Crippen LogP contribution in [0.25, 0.3) is 77.2 Å². The van der Waals surface area contributed by atoms with Gasteiger partial charge in [0, 0.05) is 5.39 Å². The van der Waals surface area contributed by atoms with Crippen LogP contribution in [0.1, 0.15) is 40.8 Å². The van der Waals surface area contributed by atoms with Crippen molar-refractivity contribution in [3.63, 3.8) is 0 Å². The molecule has 1 nitrogen and oxygen atoms in total. The van der Waals surface area contributed by atoms with Crippen LogP contribution in [0, 0.1) is 0 Å². The summed E-state index contributed by atoms with van der Waals surface area (Å²) in [5.41, 5.74) is 19.0. The highest BCUT2D eigenvalue weighted by molar-refractivity contribution is 6.06. The summed E-state index contributed by atoms with van der Waals surface area (Å²) >= 11 is 0. The summed E-state index contributed by atoms with van der Waals surface area (Å²) < 4.78 is 6.51. The Balaban J connectivity index is 1.00. The van der Waals surface area contributed by atoms with Crippen LogP contribution in [-0.2, 0) is 5.41 Å². The molecule has 0 amide bonds. The first kappa shape index (κ1) is 29.8. The highest BCUT2D eigenvalue weighted by Gasteiger charge is 2.52. The molecule has 2 atom stereocenters. The van der Waals surface area contributed by atoms with Crippen LogP contribution in [0.5, 0.6) is 5.75 Å². The predicted octanol–water partition coefficient (Wildman–Crippen LogP) is 13.8. The van der Waals surface area contributed by atoms with Gasteiger partial charge in [-0.15, -0.1) is 0 Å². The SMILES string of the molecule is C[C@@H]1Oc2cccc3cccc(c23)-c2cc(-c3ccc(-c4ccc5c(c4)C4(c6ccccc6-5)c5ccccc5-c5c4ccc4ccccc54)cc3)ccc21. The van der Waals surface area contributed by atoms with E-state index in [0.29, 0.717) is 0 Å². The second-order valence-corrected chi connectivity index (χ2v) is 15.1. The van der Waals surface area contributed by atoms with Gasteiger partial charge in [-0.2, -0.15) is 0 Å². The Hall–Kier alpha value is -6.70. The normalized spacial score (nSPS) is 17.0. The summed E-state index contributed by atoms with van der Waals surface area (Å²) in [4.78, 5) is 0. The van der Waals surface area contributed by atoms with Gasteiger partial charge in [0.25, 0.3) is 0 Å². The number of ether oxygens (including phenoxy) is 1. The number of benzene rings is 9. The van der Waals surface area contributed by atoms with E-state index in [1.165, 1.54) is 105 Å². The molecule has 54 heavy (non-hydrogen) atoms. The minimum Gasteiger partial charge on any atom is -0.485 e. The van der Waals surface area contributed by atoms with E-state index in [9.17, 15) is 0 Å². The van der Waals surface area contributed by atoms with Gasteiger partial charge in [-0.25, -0.2) is 0 Å². The van der Waals surface area contributed by atoms with Gasteiger partial charge in [-0.05, 0) is 125 Å². The molecule has 1 unspecified atom stereocenters. The maximum absolute atomic E-state index is 6.51. The Morgan fingerprint density at radius 3 is 1.85 bits per heavy atom. The highest BCUT2D eigenvalue weighted by atomic mass is 16.5. The molecule has 0 radical (unpaired) electrons. The van der Waals surface area contributed by atoms with Crippen LogP contribution in [0.4, 0.5) is 0 Å². The maximum atomic E-state index is 6.51. The lowest BCUT2D eigenvalue weighted by Crippen LogP contribution is -2.25. The average Bonchev–Trinajstić information content (AvgIpc) is 3.66. The van der Waals surface area contributed by atoms with Gasteiger partial charge in [0.2, 0.25) is 0 Å². The number of rotatable bonds is 2. The quantitative estimate of drug-likeness (QED) is 0.176. The number of hydrogen-bond donors (Lipinski definition) is 0. The molecule has 9 aromatic rings. The van der Waals surface area contributed by atoms with E-state index < -0.39 is 0 Å². The first-order valence-electron chi connectivity index (χ1n) is 19.0. The molecular weight excluding hydrogens is 653 g/mol. The standard InChI is InChI=1S/C53H34O/c1-32-39-27-24-37(30-45(39)43-16-8-11-36-12-9-19-50(54-32)51(36)43)33-20-22-34(23-21-33)38-25-28-42-41-14-4-6-17-46(41)53(49(42)31-38)47-18-7-5-15-44(47)52-40-13-3-2-10-35(40)26-29-48(52)53/h2-32H,1H3/t32-,53?/m0/s1. The van der Waals surface area contributed by atoms with E-state index in [1.807, 2.05) is 0 Å². The summed E-state index contributed by atoms with van der Waals surface area (Å²) in [6, 6.07) is 67.8. The van der Waals surface area contributed by atoms with Crippen molar-refractivity contribution < 1.29 is 4.74 Å². The van der Waals surface area contributed by atoms with Crippen LogP contribution in [0.3, 0.4) is 0 Å². The molecule has 0 fully saturated rings. The van der Waals surface area contributed by atoms with E-state index in [-0.39, 0.29) is 11.5 Å². The van der Waals surface area contributed by atoms with Crippen molar-refractivity contribution in [1.82, 2.24) is 0 Å². The minimum absolute atomic E-state index is 0.0406. The molecule has 3 aliphatic rings. The molecular formula is C53H34O. The van der Waals surface area contributed by atoms with E-state index in [4.69, 9.17) is 4.74 Å². The Morgan fingerprint density at radius 1 is 0.407 bits per heavy atom. The molecule has 1 spiro atoms. The van der Waals surface area contributed by atoms with Gasteiger partial charge < -0.3 is 4.74 Å². The van der Waals surface area contributed by atoms with Gasteiger partial charge in [0.05, 0.1) is 5.41 Å². The van der Waals surface area contributed by atoms with Gasteiger partial charge in [0.1, 0.15) is 11.9 Å². The summed E-state index contributed by atoms with van der Waals surface area (Å²) in [5.74, 6) is 0.954. The topological polar surface area (TPSA) is 9.23 Å².